The number of fused-ring (bicyclic) bond motifs is 1. The van der Waals surface area contributed by atoms with Crippen LogP contribution in [0.15, 0.2) is 47.1 Å². The number of aromatic nitrogens is 2. The lowest BCUT2D eigenvalue weighted by molar-refractivity contribution is -0.117. The number of nitrogens with one attached hydrogen (secondary N) is 1. The monoisotopic (exact) mass is 459 g/mol. The second-order valence-electron chi connectivity index (χ2n) is 8.41. The molecule has 0 unspecified atom stereocenters. The molecule has 8 heteroatoms. The van der Waals surface area contributed by atoms with Gasteiger partial charge in [-0.05, 0) is 63.1 Å². The first kappa shape index (κ1) is 21.4. The van der Waals surface area contributed by atoms with Gasteiger partial charge in [-0.2, -0.15) is 5.26 Å². The van der Waals surface area contributed by atoms with Gasteiger partial charge >= 0.3 is 0 Å². The molecule has 1 amide bonds. The van der Waals surface area contributed by atoms with Crippen LogP contribution in [0.25, 0.3) is 10.2 Å². The Labute approximate surface area is 196 Å². The number of para-hydroxylation sites is 1. The third-order valence-corrected chi connectivity index (χ3v) is 7.54. The second-order valence-corrected chi connectivity index (χ2v) is 9.47. The van der Waals surface area contributed by atoms with Gasteiger partial charge in [0.2, 0.25) is 5.91 Å². The summed E-state index contributed by atoms with van der Waals surface area (Å²) in [5.74, 6) is 1.17. The minimum absolute atomic E-state index is 0.127. The Balaban J connectivity index is 1.36. The molecule has 4 heterocycles. The zero-order valence-electron chi connectivity index (χ0n) is 18.7. The van der Waals surface area contributed by atoms with Crippen LogP contribution in [0.5, 0.6) is 0 Å². The highest BCUT2D eigenvalue weighted by atomic mass is 32.1. The van der Waals surface area contributed by atoms with E-state index in [1.807, 2.05) is 48.7 Å². The van der Waals surface area contributed by atoms with Crippen molar-refractivity contribution in [2.45, 2.75) is 39.3 Å². The summed E-state index contributed by atoms with van der Waals surface area (Å²) >= 11 is 1.70. The number of nitriles is 1. The summed E-state index contributed by atoms with van der Waals surface area (Å²) < 4.78 is 8.61. The molecule has 33 heavy (non-hydrogen) atoms. The highest BCUT2D eigenvalue weighted by molar-refractivity contribution is 7.18. The van der Waals surface area contributed by atoms with Crippen molar-refractivity contribution in [3.05, 3.63) is 70.3 Å². The van der Waals surface area contributed by atoms with Crippen molar-refractivity contribution >= 4 is 33.3 Å². The van der Waals surface area contributed by atoms with Gasteiger partial charge in [0.15, 0.2) is 0 Å². The van der Waals surface area contributed by atoms with E-state index >= 15 is 0 Å². The van der Waals surface area contributed by atoms with E-state index < -0.39 is 0 Å². The number of likely N-dealkylation sites (tertiary alicyclic amines) is 1. The van der Waals surface area contributed by atoms with Gasteiger partial charge in [-0.25, -0.2) is 4.98 Å². The van der Waals surface area contributed by atoms with Crippen LogP contribution in [0.3, 0.4) is 0 Å². The summed E-state index contributed by atoms with van der Waals surface area (Å²) in [4.78, 5) is 20.2. The summed E-state index contributed by atoms with van der Waals surface area (Å²) in [6.45, 7) is 5.43. The van der Waals surface area contributed by atoms with Crippen LogP contribution in [0.1, 0.15) is 46.5 Å². The van der Waals surface area contributed by atoms with E-state index in [9.17, 15) is 10.1 Å². The van der Waals surface area contributed by atoms with E-state index in [1.165, 1.54) is 4.70 Å². The molecule has 7 nitrogen and oxygen atoms in total. The number of nitrogens with zero attached hydrogens (tertiary/aromatic N) is 4. The Morgan fingerprint density at radius 1 is 1.30 bits per heavy atom. The SMILES string of the molecule is Cc1c(C#N)c(NC(=O)CN2CCC[C@@H]2c2nc3ccccc3s2)n(Cc2ccco2)c1C. The van der Waals surface area contributed by atoms with Gasteiger partial charge in [0.05, 0.1) is 41.2 Å². The Bertz CT molecular complexity index is 1310. The van der Waals surface area contributed by atoms with Crippen LogP contribution in [0.4, 0.5) is 5.82 Å². The van der Waals surface area contributed by atoms with E-state index in [-0.39, 0.29) is 18.5 Å². The first-order valence-corrected chi connectivity index (χ1v) is 11.9. The molecule has 1 N–H and O–H groups in total. The first-order chi connectivity index (χ1) is 16.0. The van der Waals surface area contributed by atoms with Crippen LogP contribution in [-0.2, 0) is 11.3 Å². The average molecular weight is 460 g/mol. The molecule has 0 spiro atoms. The molecule has 1 fully saturated rings. The molecule has 168 valence electrons. The quantitative estimate of drug-likeness (QED) is 0.438. The van der Waals surface area contributed by atoms with E-state index in [0.717, 1.165) is 46.9 Å². The van der Waals surface area contributed by atoms with Gasteiger partial charge in [-0.1, -0.05) is 12.1 Å². The number of carbonyl (C=O) groups excluding carboxylic acids is 1. The van der Waals surface area contributed by atoms with E-state index in [0.29, 0.717) is 17.9 Å². The molecule has 1 saturated heterocycles. The summed E-state index contributed by atoms with van der Waals surface area (Å²) in [6, 6.07) is 14.3. The maximum absolute atomic E-state index is 13.1. The maximum atomic E-state index is 13.1. The lowest BCUT2D eigenvalue weighted by atomic mass is 10.2. The van der Waals surface area contributed by atoms with Crippen LogP contribution in [0, 0.1) is 25.2 Å². The number of benzene rings is 1. The molecule has 5 rings (SSSR count). The molecule has 0 aliphatic carbocycles. The predicted molar refractivity (Wildman–Crippen MR) is 128 cm³/mol. The van der Waals surface area contributed by atoms with Gasteiger partial charge in [-0.3, -0.25) is 9.69 Å². The van der Waals surface area contributed by atoms with E-state index in [1.54, 1.807) is 17.6 Å². The number of amides is 1. The molecule has 3 aromatic heterocycles. The van der Waals surface area contributed by atoms with Crippen molar-refractivity contribution in [1.29, 1.82) is 5.26 Å². The molecule has 0 bridgehead atoms. The van der Waals surface area contributed by atoms with Crippen LogP contribution in [-0.4, -0.2) is 33.4 Å². The number of furan rings is 1. The molecule has 0 radical (unpaired) electrons. The molecular formula is C25H25N5O2S. The number of thiazole rings is 1. The van der Waals surface area contributed by atoms with Crippen LogP contribution >= 0.6 is 11.3 Å². The van der Waals surface area contributed by atoms with Crippen molar-refractivity contribution in [1.82, 2.24) is 14.5 Å². The maximum Gasteiger partial charge on any atom is 0.239 e. The van der Waals surface area contributed by atoms with Gasteiger partial charge in [0.1, 0.15) is 22.7 Å². The first-order valence-electron chi connectivity index (χ1n) is 11.1. The largest absolute Gasteiger partial charge is 0.467 e. The Hall–Kier alpha value is -3.41. The normalized spacial score (nSPS) is 16.3. The summed E-state index contributed by atoms with van der Waals surface area (Å²) in [5, 5.41) is 13.9. The fraction of sp³-hybridized carbons (Fsp3) is 0.320. The molecular weight excluding hydrogens is 434 g/mol. The standard InChI is InChI=1S/C25H25N5O2S/c1-16-17(2)30(14-18-7-6-12-32-18)24(19(16)13-26)28-23(31)15-29-11-5-9-21(29)25-27-20-8-3-4-10-22(20)33-25/h3-4,6-8,10,12,21H,5,9,11,14-15H2,1-2H3,(H,28,31)/t21-/m1/s1. The number of rotatable bonds is 6. The van der Waals surface area contributed by atoms with Gasteiger partial charge < -0.3 is 14.3 Å². The lowest BCUT2D eigenvalue weighted by Gasteiger charge is -2.22. The minimum Gasteiger partial charge on any atom is -0.467 e. The van der Waals surface area contributed by atoms with Gasteiger partial charge in [-0.15, -0.1) is 11.3 Å². The van der Waals surface area contributed by atoms with Crippen molar-refractivity contribution in [3.8, 4) is 6.07 Å². The van der Waals surface area contributed by atoms with Crippen LogP contribution in [0.2, 0.25) is 0 Å². The average Bonchev–Trinajstić information content (AvgIpc) is 3.59. The van der Waals surface area contributed by atoms with Crippen LogP contribution < -0.4 is 5.32 Å². The number of hydrogen-bond acceptors (Lipinski definition) is 6. The van der Waals surface area contributed by atoms with Gasteiger partial charge in [0.25, 0.3) is 0 Å². The molecule has 1 aliphatic rings. The third-order valence-electron chi connectivity index (χ3n) is 6.40. The van der Waals surface area contributed by atoms with Crippen molar-refractivity contribution < 1.29 is 9.21 Å². The second kappa shape index (κ2) is 8.85. The fourth-order valence-corrected chi connectivity index (χ4v) is 5.71. The Morgan fingerprint density at radius 2 is 2.15 bits per heavy atom. The van der Waals surface area contributed by atoms with E-state index in [2.05, 4.69) is 22.4 Å². The molecule has 1 aromatic carbocycles. The predicted octanol–water partition coefficient (Wildman–Crippen LogP) is 5.00. The Kier molecular flexibility index (Phi) is 5.75. The van der Waals surface area contributed by atoms with Crippen molar-refractivity contribution in [2.24, 2.45) is 0 Å². The number of anilines is 1. The lowest BCUT2D eigenvalue weighted by Crippen LogP contribution is -2.33. The Morgan fingerprint density at radius 3 is 2.91 bits per heavy atom. The molecule has 0 saturated carbocycles. The molecule has 1 aliphatic heterocycles. The highest BCUT2D eigenvalue weighted by Crippen LogP contribution is 2.36. The minimum atomic E-state index is -0.127. The fourth-order valence-electron chi connectivity index (χ4n) is 4.57. The summed E-state index contributed by atoms with van der Waals surface area (Å²) in [5.41, 5.74) is 3.31. The summed E-state index contributed by atoms with van der Waals surface area (Å²) in [7, 11) is 0. The molecule has 1 atom stereocenters. The van der Waals surface area contributed by atoms with E-state index in [4.69, 9.17) is 9.40 Å². The molecule has 4 aromatic rings. The van der Waals surface area contributed by atoms with Crippen molar-refractivity contribution in [2.75, 3.05) is 18.4 Å². The number of carbonyl (C=O) groups is 1. The van der Waals surface area contributed by atoms with Gasteiger partial charge in [0, 0.05) is 5.69 Å². The zero-order chi connectivity index (χ0) is 22.9. The topological polar surface area (TPSA) is 87.1 Å². The smallest absolute Gasteiger partial charge is 0.239 e. The highest BCUT2D eigenvalue weighted by Gasteiger charge is 2.31. The van der Waals surface area contributed by atoms with Crippen molar-refractivity contribution in [3.63, 3.8) is 0 Å². The number of hydrogen-bond donors (Lipinski definition) is 1. The third kappa shape index (κ3) is 4.06. The summed E-state index contributed by atoms with van der Waals surface area (Å²) in [6.07, 6.45) is 3.65. The zero-order valence-corrected chi connectivity index (χ0v) is 19.5.